The Morgan fingerprint density at radius 2 is 1.71 bits per heavy atom. The Balaban J connectivity index is 1.49. The molecule has 0 spiro atoms. The first-order valence-electron chi connectivity index (χ1n) is 9.05. The molecule has 0 amide bonds. The third-order valence-electron chi connectivity index (χ3n) is 5.46. The minimum atomic E-state index is 0.466. The van der Waals surface area contributed by atoms with Gasteiger partial charge in [0.2, 0.25) is 0 Å². The zero-order chi connectivity index (χ0) is 14.5. The van der Waals surface area contributed by atoms with Gasteiger partial charge in [-0.05, 0) is 44.1 Å². The van der Waals surface area contributed by atoms with Crippen LogP contribution in [-0.2, 0) is 4.74 Å². The van der Waals surface area contributed by atoms with Crippen LogP contribution in [0.2, 0.25) is 0 Å². The highest BCUT2D eigenvalue weighted by Gasteiger charge is 2.36. The summed E-state index contributed by atoms with van der Waals surface area (Å²) in [5, 5.41) is 3.79. The zero-order valence-corrected chi connectivity index (χ0v) is 13.8. The maximum atomic E-state index is 5.63. The fraction of sp³-hybridized carbons (Fsp3) is 1.00. The highest BCUT2D eigenvalue weighted by molar-refractivity contribution is 4.92. The van der Waals surface area contributed by atoms with Crippen LogP contribution in [-0.4, -0.2) is 74.9 Å². The highest BCUT2D eigenvalue weighted by Crippen LogP contribution is 2.32. The first kappa shape index (κ1) is 15.7. The molecule has 0 aromatic heterocycles. The summed E-state index contributed by atoms with van der Waals surface area (Å²) in [5.41, 5.74) is 0.466. The van der Waals surface area contributed by atoms with Crippen molar-refractivity contribution in [3.05, 3.63) is 0 Å². The summed E-state index contributed by atoms with van der Waals surface area (Å²) < 4.78 is 5.63. The quantitative estimate of drug-likeness (QED) is 0.771. The zero-order valence-electron chi connectivity index (χ0n) is 13.8. The van der Waals surface area contributed by atoms with Crippen molar-refractivity contribution in [2.45, 2.75) is 45.1 Å². The molecule has 0 aromatic carbocycles. The molecule has 4 nitrogen and oxygen atoms in total. The van der Waals surface area contributed by atoms with E-state index in [1.54, 1.807) is 0 Å². The van der Waals surface area contributed by atoms with Gasteiger partial charge in [-0.1, -0.05) is 6.92 Å². The van der Waals surface area contributed by atoms with E-state index in [1.165, 1.54) is 77.9 Å². The van der Waals surface area contributed by atoms with Crippen LogP contribution in [0.15, 0.2) is 0 Å². The van der Waals surface area contributed by atoms with Gasteiger partial charge in [-0.2, -0.15) is 0 Å². The lowest BCUT2D eigenvalue weighted by Crippen LogP contribution is -2.53. The second-order valence-corrected chi connectivity index (χ2v) is 7.39. The average molecular weight is 295 g/mol. The molecule has 0 radical (unpaired) electrons. The van der Waals surface area contributed by atoms with Crippen molar-refractivity contribution in [3.63, 3.8) is 0 Å². The van der Waals surface area contributed by atoms with E-state index >= 15 is 0 Å². The van der Waals surface area contributed by atoms with Crippen LogP contribution in [0.25, 0.3) is 0 Å². The topological polar surface area (TPSA) is 27.7 Å². The van der Waals surface area contributed by atoms with E-state index in [-0.39, 0.29) is 0 Å². The van der Waals surface area contributed by atoms with Crippen LogP contribution in [0, 0.1) is 5.41 Å². The van der Waals surface area contributed by atoms with Crippen molar-refractivity contribution < 1.29 is 4.74 Å². The lowest BCUT2D eigenvalue weighted by atomic mass is 9.79. The SMILES string of the molecule is CCCN1CCN(CC2(CNC3CC3)CCOCC2)CC1. The third kappa shape index (κ3) is 4.65. The van der Waals surface area contributed by atoms with E-state index in [4.69, 9.17) is 4.74 Å². The maximum absolute atomic E-state index is 5.63. The molecule has 3 rings (SSSR count). The molecule has 2 aliphatic heterocycles. The van der Waals surface area contributed by atoms with Crippen LogP contribution in [0.5, 0.6) is 0 Å². The number of rotatable bonds is 7. The van der Waals surface area contributed by atoms with Crippen molar-refractivity contribution in [3.8, 4) is 0 Å². The summed E-state index contributed by atoms with van der Waals surface area (Å²) in [5.74, 6) is 0. The number of nitrogens with zero attached hydrogens (tertiary/aromatic N) is 2. The molecule has 4 heteroatoms. The molecule has 0 unspecified atom stereocenters. The second kappa shape index (κ2) is 7.40. The molecule has 0 atom stereocenters. The molecule has 1 N–H and O–H groups in total. The predicted octanol–water partition coefficient (Wildman–Crippen LogP) is 1.56. The van der Waals surface area contributed by atoms with Crippen molar-refractivity contribution in [2.24, 2.45) is 5.41 Å². The van der Waals surface area contributed by atoms with Gasteiger partial charge in [-0.25, -0.2) is 0 Å². The minimum Gasteiger partial charge on any atom is -0.381 e. The van der Waals surface area contributed by atoms with Gasteiger partial charge >= 0.3 is 0 Å². The standard InChI is InChI=1S/C17H33N3O/c1-2-7-19-8-10-20(11-9-19)15-17(5-12-21-13-6-17)14-18-16-3-4-16/h16,18H,2-15H2,1H3. The van der Waals surface area contributed by atoms with Crippen molar-refractivity contribution in [2.75, 3.05) is 59.0 Å². The van der Waals surface area contributed by atoms with Gasteiger partial charge in [-0.3, -0.25) is 0 Å². The van der Waals surface area contributed by atoms with E-state index in [0.717, 1.165) is 19.3 Å². The molecule has 1 aliphatic carbocycles. The van der Waals surface area contributed by atoms with Crippen LogP contribution < -0.4 is 5.32 Å². The molecule has 2 heterocycles. The summed E-state index contributed by atoms with van der Waals surface area (Å²) in [4.78, 5) is 5.33. The van der Waals surface area contributed by atoms with Crippen LogP contribution in [0.3, 0.4) is 0 Å². The maximum Gasteiger partial charge on any atom is 0.0472 e. The van der Waals surface area contributed by atoms with E-state index in [9.17, 15) is 0 Å². The van der Waals surface area contributed by atoms with Gasteiger partial charge in [0.25, 0.3) is 0 Å². The number of nitrogens with one attached hydrogen (secondary N) is 1. The molecule has 21 heavy (non-hydrogen) atoms. The van der Waals surface area contributed by atoms with Gasteiger partial charge in [0.1, 0.15) is 0 Å². The second-order valence-electron chi connectivity index (χ2n) is 7.39. The highest BCUT2D eigenvalue weighted by atomic mass is 16.5. The monoisotopic (exact) mass is 295 g/mol. The summed E-state index contributed by atoms with van der Waals surface area (Å²) in [6, 6.07) is 0.825. The van der Waals surface area contributed by atoms with Crippen LogP contribution >= 0.6 is 0 Å². The Morgan fingerprint density at radius 3 is 2.33 bits per heavy atom. The third-order valence-corrected chi connectivity index (χ3v) is 5.46. The van der Waals surface area contributed by atoms with Crippen molar-refractivity contribution in [1.29, 1.82) is 0 Å². The molecular weight excluding hydrogens is 262 g/mol. The summed E-state index contributed by atoms with van der Waals surface area (Å²) in [6.07, 6.45) is 6.54. The molecule has 3 aliphatic rings. The number of hydrogen-bond donors (Lipinski definition) is 1. The van der Waals surface area contributed by atoms with Gasteiger partial charge < -0.3 is 19.9 Å². The Bertz CT molecular complexity index is 305. The summed E-state index contributed by atoms with van der Waals surface area (Å²) >= 11 is 0. The first-order chi connectivity index (χ1) is 10.3. The Labute approximate surface area is 130 Å². The lowest BCUT2D eigenvalue weighted by Gasteiger charge is -2.44. The van der Waals surface area contributed by atoms with Crippen molar-refractivity contribution in [1.82, 2.24) is 15.1 Å². The van der Waals surface area contributed by atoms with Crippen LogP contribution in [0.4, 0.5) is 0 Å². The Kier molecular flexibility index (Phi) is 5.54. The minimum absolute atomic E-state index is 0.466. The van der Waals surface area contributed by atoms with Gasteiger partial charge in [0.05, 0.1) is 0 Å². The molecular formula is C17H33N3O. The van der Waals surface area contributed by atoms with Crippen molar-refractivity contribution >= 4 is 0 Å². The number of ether oxygens (including phenoxy) is 1. The van der Waals surface area contributed by atoms with Gasteiger partial charge in [-0.15, -0.1) is 0 Å². The van der Waals surface area contributed by atoms with E-state index in [0.29, 0.717) is 5.41 Å². The Morgan fingerprint density at radius 1 is 1.05 bits per heavy atom. The van der Waals surface area contributed by atoms with E-state index < -0.39 is 0 Å². The Hall–Kier alpha value is -0.160. The molecule has 0 bridgehead atoms. The molecule has 122 valence electrons. The van der Waals surface area contributed by atoms with E-state index in [1.807, 2.05) is 0 Å². The number of hydrogen-bond acceptors (Lipinski definition) is 4. The lowest BCUT2D eigenvalue weighted by molar-refractivity contribution is -0.0125. The normalized spacial score (nSPS) is 27.9. The van der Waals surface area contributed by atoms with E-state index in [2.05, 4.69) is 22.0 Å². The fourth-order valence-electron chi connectivity index (χ4n) is 3.81. The molecule has 0 aromatic rings. The van der Waals surface area contributed by atoms with Gasteiger partial charge in [0, 0.05) is 58.5 Å². The average Bonchev–Trinajstić information content (AvgIpc) is 3.33. The molecule has 3 fully saturated rings. The smallest absolute Gasteiger partial charge is 0.0472 e. The number of piperazine rings is 1. The first-order valence-corrected chi connectivity index (χ1v) is 9.05. The van der Waals surface area contributed by atoms with Crippen LogP contribution in [0.1, 0.15) is 39.0 Å². The predicted molar refractivity (Wildman–Crippen MR) is 86.7 cm³/mol. The largest absolute Gasteiger partial charge is 0.381 e. The molecule has 1 saturated carbocycles. The fourth-order valence-corrected chi connectivity index (χ4v) is 3.81. The summed E-state index contributed by atoms with van der Waals surface area (Å²) in [6.45, 7) is 13.0. The van der Waals surface area contributed by atoms with Gasteiger partial charge in [0.15, 0.2) is 0 Å². The summed E-state index contributed by atoms with van der Waals surface area (Å²) in [7, 11) is 0. The molecule has 2 saturated heterocycles.